The summed E-state index contributed by atoms with van der Waals surface area (Å²) >= 11 is 0. The highest BCUT2D eigenvalue weighted by atomic mass is 16.1. The lowest BCUT2D eigenvalue weighted by Gasteiger charge is -2.38. The van der Waals surface area contributed by atoms with Crippen LogP contribution in [-0.2, 0) is 6.67 Å². The lowest BCUT2D eigenvalue weighted by molar-refractivity contribution is 0.198. The quantitative estimate of drug-likeness (QED) is 0.874. The molecule has 0 amide bonds. The Morgan fingerprint density at radius 2 is 1.78 bits per heavy atom. The zero-order valence-electron chi connectivity index (χ0n) is 14.3. The van der Waals surface area contributed by atoms with E-state index in [-0.39, 0.29) is 5.56 Å². The number of benzene rings is 1. The maximum absolute atomic E-state index is 12.7. The average molecular weight is 312 g/mol. The average Bonchev–Trinajstić information content (AvgIpc) is 2.54. The van der Waals surface area contributed by atoms with Crippen LogP contribution >= 0.6 is 0 Å². The Bertz CT molecular complexity index is 764. The molecular formula is C18H24N4O. The van der Waals surface area contributed by atoms with Gasteiger partial charge in [-0.1, -0.05) is 24.6 Å². The highest BCUT2D eigenvalue weighted by Crippen LogP contribution is 2.27. The molecule has 0 spiro atoms. The van der Waals surface area contributed by atoms with E-state index in [0.29, 0.717) is 6.67 Å². The van der Waals surface area contributed by atoms with E-state index in [9.17, 15) is 4.79 Å². The van der Waals surface area contributed by atoms with Gasteiger partial charge in [-0.15, -0.1) is 0 Å². The smallest absolute Gasteiger partial charge is 0.259 e. The molecule has 2 aromatic rings. The first-order chi connectivity index (χ1) is 11.0. The van der Waals surface area contributed by atoms with Gasteiger partial charge in [0.25, 0.3) is 5.56 Å². The van der Waals surface area contributed by atoms with Crippen LogP contribution < -0.4 is 10.5 Å². The third-order valence-corrected chi connectivity index (χ3v) is 4.43. The predicted molar refractivity (Wildman–Crippen MR) is 93.2 cm³/mol. The molecule has 1 aromatic heterocycles. The van der Waals surface area contributed by atoms with Gasteiger partial charge in [0.15, 0.2) is 0 Å². The Kier molecular flexibility index (Phi) is 4.22. The predicted octanol–water partition coefficient (Wildman–Crippen LogP) is 2.95. The number of hydrogen-bond donors (Lipinski definition) is 0. The van der Waals surface area contributed by atoms with Crippen molar-refractivity contribution < 1.29 is 0 Å². The molecule has 1 aliphatic rings. The van der Waals surface area contributed by atoms with Gasteiger partial charge in [0.1, 0.15) is 0 Å². The fraction of sp³-hybridized carbons (Fsp3) is 0.444. The van der Waals surface area contributed by atoms with Crippen molar-refractivity contribution in [2.75, 3.05) is 18.1 Å². The van der Waals surface area contributed by atoms with E-state index in [4.69, 9.17) is 4.98 Å². The molecule has 0 aliphatic carbocycles. The SMILES string of the molecule is CCCN1CN(c2ccc(C)cc2)c2nc(C)c(C)c(=O)n2C1. The minimum Gasteiger partial charge on any atom is -0.298 e. The summed E-state index contributed by atoms with van der Waals surface area (Å²) in [6.45, 7) is 10.3. The summed E-state index contributed by atoms with van der Waals surface area (Å²) in [6, 6.07) is 8.38. The summed E-state index contributed by atoms with van der Waals surface area (Å²) < 4.78 is 1.79. The molecule has 0 atom stereocenters. The van der Waals surface area contributed by atoms with Gasteiger partial charge in [-0.05, 0) is 39.3 Å². The van der Waals surface area contributed by atoms with Gasteiger partial charge < -0.3 is 0 Å². The topological polar surface area (TPSA) is 41.4 Å². The number of aromatic nitrogens is 2. The lowest BCUT2D eigenvalue weighted by Crippen LogP contribution is -2.48. The molecule has 2 heterocycles. The largest absolute Gasteiger partial charge is 0.298 e. The third-order valence-electron chi connectivity index (χ3n) is 4.43. The highest BCUT2D eigenvalue weighted by molar-refractivity contribution is 5.58. The van der Waals surface area contributed by atoms with Crippen molar-refractivity contribution in [2.45, 2.75) is 40.8 Å². The molecule has 23 heavy (non-hydrogen) atoms. The minimum atomic E-state index is 0.0606. The fourth-order valence-electron chi connectivity index (χ4n) is 2.96. The van der Waals surface area contributed by atoms with Crippen molar-refractivity contribution in [1.82, 2.24) is 14.5 Å². The summed E-state index contributed by atoms with van der Waals surface area (Å²) in [6.07, 6.45) is 1.06. The normalized spacial score (nSPS) is 14.9. The van der Waals surface area contributed by atoms with Crippen molar-refractivity contribution in [2.24, 2.45) is 0 Å². The molecule has 0 unspecified atom stereocenters. The second kappa shape index (κ2) is 6.16. The zero-order chi connectivity index (χ0) is 16.6. The Morgan fingerprint density at radius 3 is 2.43 bits per heavy atom. The molecule has 0 bridgehead atoms. The summed E-state index contributed by atoms with van der Waals surface area (Å²) in [4.78, 5) is 21.8. The molecule has 0 N–H and O–H groups in total. The monoisotopic (exact) mass is 312 g/mol. The van der Waals surface area contributed by atoms with E-state index in [1.54, 1.807) is 4.57 Å². The van der Waals surface area contributed by atoms with E-state index < -0.39 is 0 Å². The first kappa shape index (κ1) is 15.7. The van der Waals surface area contributed by atoms with Crippen LogP contribution in [0.1, 0.15) is 30.2 Å². The summed E-state index contributed by atoms with van der Waals surface area (Å²) in [5, 5.41) is 0. The molecule has 0 saturated heterocycles. The number of fused-ring (bicyclic) bond motifs is 1. The van der Waals surface area contributed by atoms with Crippen molar-refractivity contribution in [3.8, 4) is 0 Å². The van der Waals surface area contributed by atoms with Gasteiger partial charge in [0.2, 0.25) is 5.95 Å². The van der Waals surface area contributed by atoms with Crippen LogP contribution in [0.4, 0.5) is 11.6 Å². The molecule has 5 nitrogen and oxygen atoms in total. The van der Waals surface area contributed by atoms with Crippen molar-refractivity contribution in [3.05, 3.63) is 51.4 Å². The maximum Gasteiger partial charge on any atom is 0.259 e. The standard InChI is InChI=1S/C18H24N4O/c1-5-10-20-11-21(16-8-6-13(2)7-9-16)18-19-15(4)14(3)17(23)22(18)12-20/h6-9H,5,10-12H2,1-4H3. The molecule has 0 radical (unpaired) electrons. The molecule has 3 rings (SSSR count). The van der Waals surface area contributed by atoms with Crippen LogP contribution in [0, 0.1) is 20.8 Å². The van der Waals surface area contributed by atoms with Crippen LogP contribution in [0.2, 0.25) is 0 Å². The van der Waals surface area contributed by atoms with Gasteiger partial charge in [0.05, 0.1) is 13.3 Å². The lowest BCUT2D eigenvalue weighted by atomic mass is 10.2. The Labute approximate surface area is 137 Å². The maximum atomic E-state index is 12.7. The number of rotatable bonds is 3. The summed E-state index contributed by atoms with van der Waals surface area (Å²) in [5.41, 5.74) is 3.89. The van der Waals surface area contributed by atoms with Crippen LogP contribution in [0.15, 0.2) is 29.1 Å². The van der Waals surface area contributed by atoms with Crippen LogP contribution in [-0.4, -0.2) is 27.7 Å². The van der Waals surface area contributed by atoms with E-state index in [1.807, 2.05) is 13.8 Å². The van der Waals surface area contributed by atoms with Gasteiger partial charge in [-0.3, -0.25) is 19.2 Å². The van der Waals surface area contributed by atoms with Crippen LogP contribution in [0.5, 0.6) is 0 Å². The molecular weight excluding hydrogens is 288 g/mol. The van der Waals surface area contributed by atoms with Crippen molar-refractivity contribution in [1.29, 1.82) is 0 Å². The highest BCUT2D eigenvalue weighted by Gasteiger charge is 2.26. The summed E-state index contributed by atoms with van der Waals surface area (Å²) in [5.74, 6) is 0.745. The van der Waals surface area contributed by atoms with Gasteiger partial charge in [-0.2, -0.15) is 0 Å². The number of hydrogen-bond acceptors (Lipinski definition) is 4. The van der Waals surface area contributed by atoms with E-state index in [2.05, 4.69) is 47.9 Å². The van der Waals surface area contributed by atoms with Gasteiger partial charge in [-0.25, -0.2) is 4.98 Å². The minimum absolute atomic E-state index is 0.0606. The zero-order valence-corrected chi connectivity index (χ0v) is 14.3. The molecule has 1 aromatic carbocycles. The Morgan fingerprint density at radius 1 is 1.09 bits per heavy atom. The van der Waals surface area contributed by atoms with Gasteiger partial charge in [0, 0.05) is 23.5 Å². The van der Waals surface area contributed by atoms with E-state index >= 15 is 0 Å². The first-order valence-electron chi connectivity index (χ1n) is 8.16. The van der Waals surface area contributed by atoms with Gasteiger partial charge >= 0.3 is 0 Å². The first-order valence-corrected chi connectivity index (χ1v) is 8.16. The van der Waals surface area contributed by atoms with E-state index in [1.165, 1.54) is 5.56 Å². The molecule has 0 saturated carbocycles. The second-order valence-corrected chi connectivity index (χ2v) is 6.30. The number of anilines is 2. The number of nitrogens with zero attached hydrogens (tertiary/aromatic N) is 4. The Hall–Kier alpha value is -2.14. The number of aryl methyl sites for hydroxylation is 2. The fourth-order valence-corrected chi connectivity index (χ4v) is 2.96. The molecule has 122 valence electrons. The van der Waals surface area contributed by atoms with Crippen LogP contribution in [0.3, 0.4) is 0 Å². The second-order valence-electron chi connectivity index (χ2n) is 6.30. The third kappa shape index (κ3) is 2.88. The van der Waals surface area contributed by atoms with Crippen molar-refractivity contribution in [3.63, 3.8) is 0 Å². The molecule has 1 aliphatic heterocycles. The molecule has 0 fully saturated rings. The molecule has 5 heteroatoms. The van der Waals surface area contributed by atoms with Crippen molar-refractivity contribution >= 4 is 11.6 Å². The van der Waals surface area contributed by atoms with E-state index in [0.717, 1.165) is 42.5 Å². The summed E-state index contributed by atoms with van der Waals surface area (Å²) in [7, 11) is 0. The van der Waals surface area contributed by atoms with Crippen LogP contribution in [0.25, 0.3) is 0 Å². The Balaban J connectivity index is 2.13.